The fraction of sp³-hybridized carbons (Fsp3) is 0.316. The molecule has 3 rings (SSSR count). The highest BCUT2D eigenvalue weighted by molar-refractivity contribution is 6.01. The van der Waals surface area contributed by atoms with Gasteiger partial charge in [0.25, 0.3) is 0 Å². The molecule has 0 bridgehead atoms. The Morgan fingerprint density at radius 1 is 1.27 bits per heavy atom. The predicted octanol–water partition coefficient (Wildman–Crippen LogP) is 3.55. The second kappa shape index (κ2) is 8.33. The predicted molar refractivity (Wildman–Crippen MR) is 102 cm³/mol. The van der Waals surface area contributed by atoms with Crippen LogP contribution in [0.25, 0.3) is 0 Å². The maximum Gasteiger partial charge on any atom is 0.230 e. The Hall–Kier alpha value is -3.09. The fourth-order valence-electron chi connectivity index (χ4n) is 2.89. The van der Waals surface area contributed by atoms with Gasteiger partial charge >= 0.3 is 0 Å². The van der Waals surface area contributed by atoms with Crippen LogP contribution < -0.4 is 9.64 Å². The monoisotopic (exact) mass is 353 g/mol. The number of ether oxygens (including phenoxy) is 1. The summed E-state index contributed by atoms with van der Waals surface area (Å²) in [4.78, 5) is 6.56. The number of aromatic nitrogens is 1. The molecule has 0 atom stereocenters. The molecule has 7 heteroatoms. The van der Waals surface area contributed by atoms with Crippen LogP contribution in [0, 0.1) is 0 Å². The van der Waals surface area contributed by atoms with Gasteiger partial charge in [0.2, 0.25) is 11.7 Å². The Balaban J connectivity index is 1.89. The molecule has 2 heterocycles. The van der Waals surface area contributed by atoms with E-state index >= 15 is 0 Å². The van der Waals surface area contributed by atoms with Gasteiger partial charge in [0.1, 0.15) is 5.75 Å². The van der Waals surface area contributed by atoms with Crippen molar-refractivity contribution in [3.63, 3.8) is 0 Å². The summed E-state index contributed by atoms with van der Waals surface area (Å²) in [5.74, 6) is 1.37. The average Bonchev–Trinajstić information content (AvgIpc) is 3.20. The van der Waals surface area contributed by atoms with Gasteiger partial charge in [-0.1, -0.05) is 11.2 Å². The minimum atomic E-state index is 0.321. The van der Waals surface area contributed by atoms with Crippen LogP contribution in [-0.4, -0.2) is 46.9 Å². The van der Waals surface area contributed by atoms with E-state index in [0.717, 1.165) is 25.2 Å². The number of hydrogen-bond donors (Lipinski definition) is 1. The molecule has 1 aliphatic rings. The molecule has 26 heavy (non-hydrogen) atoms. The van der Waals surface area contributed by atoms with E-state index in [4.69, 9.17) is 4.74 Å². The fourth-order valence-corrected chi connectivity index (χ4v) is 2.89. The number of oxime groups is 1. The van der Waals surface area contributed by atoms with Crippen molar-refractivity contribution in [1.29, 1.82) is 0 Å². The number of rotatable bonds is 6. The lowest BCUT2D eigenvalue weighted by Crippen LogP contribution is -2.25. The Morgan fingerprint density at radius 2 is 2.12 bits per heavy atom. The summed E-state index contributed by atoms with van der Waals surface area (Å²) in [6.07, 6.45) is 4.24. The first-order chi connectivity index (χ1) is 12.8. The maximum atomic E-state index is 9.49. The molecule has 0 spiro atoms. The standard InChI is InChI=1S/C19H23N5O2/c1-3-23(4-2)15-8-5-9-16(14-15)26-19-17(10-6-11-20-19)18(22-25)24-13-7-12-21-24/h5-6,8-12,14,25H,3-4,7,13H2,1-2H3/b22-18-. The molecule has 136 valence electrons. The third kappa shape index (κ3) is 3.77. The number of amidine groups is 1. The zero-order valence-electron chi connectivity index (χ0n) is 15.0. The molecule has 1 aromatic carbocycles. The van der Waals surface area contributed by atoms with Crippen LogP contribution in [0.4, 0.5) is 5.69 Å². The second-order valence-corrected chi connectivity index (χ2v) is 5.76. The van der Waals surface area contributed by atoms with E-state index in [1.54, 1.807) is 29.6 Å². The number of hydrogen-bond acceptors (Lipinski definition) is 6. The third-order valence-corrected chi connectivity index (χ3v) is 4.20. The van der Waals surface area contributed by atoms with E-state index in [1.165, 1.54) is 0 Å². The topological polar surface area (TPSA) is 73.6 Å². The molecule has 2 aromatic rings. The van der Waals surface area contributed by atoms with Crippen molar-refractivity contribution >= 4 is 17.7 Å². The molecule has 1 aromatic heterocycles. The van der Waals surface area contributed by atoms with Crippen molar-refractivity contribution in [3.8, 4) is 11.6 Å². The lowest BCUT2D eigenvalue weighted by molar-refractivity contribution is 0.304. The average molecular weight is 353 g/mol. The van der Waals surface area contributed by atoms with E-state index in [9.17, 15) is 5.21 Å². The summed E-state index contributed by atoms with van der Waals surface area (Å²) in [7, 11) is 0. The molecule has 0 amide bonds. The molecule has 0 saturated heterocycles. The Labute approximate surface area is 153 Å². The number of hydrazone groups is 1. The lowest BCUT2D eigenvalue weighted by atomic mass is 10.2. The van der Waals surface area contributed by atoms with Crippen LogP contribution in [0.2, 0.25) is 0 Å². The van der Waals surface area contributed by atoms with E-state index in [1.807, 2.05) is 18.2 Å². The van der Waals surface area contributed by atoms with Gasteiger partial charge in [-0.2, -0.15) is 5.10 Å². The number of benzene rings is 1. The smallest absolute Gasteiger partial charge is 0.230 e. The molecule has 0 radical (unpaired) electrons. The van der Waals surface area contributed by atoms with Gasteiger partial charge in [0.05, 0.1) is 5.56 Å². The molecule has 0 aliphatic carbocycles. The van der Waals surface area contributed by atoms with E-state index < -0.39 is 0 Å². The van der Waals surface area contributed by atoms with Crippen LogP contribution in [0.1, 0.15) is 25.8 Å². The van der Waals surface area contributed by atoms with Gasteiger partial charge in [-0.15, -0.1) is 0 Å². The second-order valence-electron chi connectivity index (χ2n) is 5.76. The van der Waals surface area contributed by atoms with Crippen LogP contribution in [0.5, 0.6) is 11.6 Å². The normalized spacial score (nSPS) is 13.9. The van der Waals surface area contributed by atoms with Crippen molar-refractivity contribution in [2.45, 2.75) is 20.3 Å². The van der Waals surface area contributed by atoms with E-state index in [-0.39, 0.29) is 0 Å². The summed E-state index contributed by atoms with van der Waals surface area (Å²) in [6, 6.07) is 11.5. The van der Waals surface area contributed by atoms with Gasteiger partial charge in [-0.3, -0.25) is 0 Å². The highest BCUT2D eigenvalue weighted by atomic mass is 16.5. The van der Waals surface area contributed by atoms with Crippen molar-refractivity contribution < 1.29 is 9.94 Å². The number of pyridine rings is 1. The van der Waals surface area contributed by atoms with Crippen molar-refractivity contribution in [2.75, 3.05) is 24.5 Å². The Morgan fingerprint density at radius 3 is 2.81 bits per heavy atom. The first-order valence-electron chi connectivity index (χ1n) is 8.77. The molecule has 7 nitrogen and oxygen atoms in total. The Kier molecular flexibility index (Phi) is 5.68. The molecular weight excluding hydrogens is 330 g/mol. The van der Waals surface area contributed by atoms with Crippen molar-refractivity contribution in [3.05, 3.63) is 48.2 Å². The van der Waals surface area contributed by atoms with E-state index in [2.05, 4.69) is 40.1 Å². The molecule has 1 N–H and O–H groups in total. The highest BCUT2D eigenvalue weighted by Gasteiger charge is 2.21. The number of anilines is 1. The minimum Gasteiger partial charge on any atom is -0.438 e. The van der Waals surface area contributed by atoms with Gasteiger partial charge < -0.3 is 14.8 Å². The molecular formula is C19H23N5O2. The van der Waals surface area contributed by atoms with Crippen molar-refractivity contribution in [1.82, 2.24) is 9.99 Å². The SMILES string of the molecule is CCN(CC)c1cccc(Oc2ncccc2/C(=N/O)N2CCC=N2)c1. The maximum absolute atomic E-state index is 9.49. The minimum absolute atomic E-state index is 0.321. The molecule has 1 aliphatic heterocycles. The van der Waals surface area contributed by atoms with Crippen LogP contribution in [0.15, 0.2) is 52.9 Å². The van der Waals surface area contributed by atoms with Gasteiger partial charge in [0, 0.05) is 50.2 Å². The first-order valence-corrected chi connectivity index (χ1v) is 8.77. The quantitative estimate of drug-likeness (QED) is 0.372. The summed E-state index contributed by atoms with van der Waals surface area (Å²) in [6.45, 7) is 6.74. The molecule has 0 saturated carbocycles. The van der Waals surface area contributed by atoms with E-state index in [0.29, 0.717) is 29.6 Å². The lowest BCUT2D eigenvalue weighted by Gasteiger charge is -2.21. The summed E-state index contributed by atoms with van der Waals surface area (Å²) >= 11 is 0. The van der Waals surface area contributed by atoms with Crippen LogP contribution >= 0.6 is 0 Å². The van der Waals surface area contributed by atoms with Gasteiger partial charge in [0.15, 0.2) is 0 Å². The highest BCUT2D eigenvalue weighted by Crippen LogP contribution is 2.28. The summed E-state index contributed by atoms with van der Waals surface area (Å²) in [5, 5.41) is 18.8. The summed E-state index contributed by atoms with van der Waals surface area (Å²) < 4.78 is 6.02. The van der Waals surface area contributed by atoms with Gasteiger partial charge in [-0.25, -0.2) is 9.99 Å². The first kappa shape index (κ1) is 17.7. The van der Waals surface area contributed by atoms with Crippen LogP contribution in [-0.2, 0) is 0 Å². The molecule has 0 unspecified atom stereocenters. The molecule has 0 fully saturated rings. The van der Waals surface area contributed by atoms with Crippen molar-refractivity contribution in [2.24, 2.45) is 10.3 Å². The zero-order valence-corrected chi connectivity index (χ0v) is 15.0. The summed E-state index contributed by atoms with van der Waals surface area (Å²) in [5.41, 5.74) is 1.67. The zero-order chi connectivity index (χ0) is 18.4. The third-order valence-electron chi connectivity index (χ3n) is 4.20. The van der Waals surface area contributed by atoms with Crippen LogP contribution in [0.3, 0.4) is 0 Å². The Bertz CT molecular complexity index is 802. The largest absolute Gasteiger partial charge is 0.438 e. The van der Waals surface area contributed by atoms with Gasteiger partial charge in [-0.05, 0) is 38.1 Å². The number of nitrogens with zero attached hydrogens (tertiary/aromatic N) is 5.